The molecule has 6 heteroatoms. The summed E-state index contributed by atoms with van der Waals surface area (Å²) >= 11 is 0. The third-order valence-corrected chi connectivity index (χ3v) is 6.04. The number of piperidine rings is 1. The lowest BCUT2D eigenvalue weighted by Crippen LogP contribution is -2.43. The van der Waals surface area contributed by atoms with E-state index in [1.165, 1.54) is 25.2 Å². The lowest BCUT2D eigenvalue weighted by molar-refractivity contribution is 0.231. The summed E-state index contributed by atoms with van der Waals surface area (Å²) in [5.41, 5.74) is 0. The molecule has 3 rings (SSSR count). The maximum absolute atomic E-state index is 12.3. The van der Waals surface area contributed by atoms with Gasteiger partial charge >= 0.3 is 0 Å². The van der Waals surface area contributed by atoms with Crippen molar-refractivity contribution in [1.29, 1.82) is 0 Å². The van der Waals surface area contributed by atoms with Crippen LogP contribution in [0.3, 0.4) is 0 Å². The SMILES string of the molecule is O=S(=O)(c1ccco1)N1CCC(C2CCCN2)CC1. The highest BCUT2D eigenvalue weighted by Gasteiger charge is 2.34. The molecule has 0 radical (unpaired) electrons. The molecule has 0 amide bonds. The van der Waals surface area contributed by atoms with E-state index in [4.69, 9.17) is 4.42 Å². The fourth-order valence-electron chi connectivity index (χ4n) is 3.17. The van der Waals surface area contributed by atoms with Gasteiger partial charge in [0.1, 0.15) is 0 Å². The predicted octanol–water partition coefficient (Wildman–Crippen LogP) is 1.43. The number of nitrogens with zero attached hydrogens (tertiary/aromatic N) is 1. The van der Waals surface area contributed by atoms with Crippen molar-refractivity contribution >= 4 is 10.0 Å². The van der Waals surface area contributed by atoms with E-state index in [0.29, 0.717) is 25.0 Å². The normalized spacial score (nSPS) is 26.8. The number of hydrogen-bond acceptors (Lipinski definition) is 4. The summed E-state index contributed by atoms with van der Waals surface area (Å²) < 4.78 is 31.2. The second-order valence-electron chi connectivity index (χ2n) is 5.38. The Labute approximate surface area is 114 Å². The number of nitrogens with one attached hydrogen (secondary N) is 1. The molecule has 0 aromatic carbocycles. The van der Waals surface area contributed by atoms with Gasteiger partial charge in [-0.25, -0.2) is 8.42 Å². The first-order valence-electron chi connectivity index (χ1n) is 6.95. The first-order chi connectivity index (χ1) is 9.18. The molecule has 106 valence electrons. The van der Waals surface area contributed by atoms with Crippen LogP contribution >= 0.6 is 0 Å². The Morgan fingerprint density at radius 3 is 2.63 bits per heavy atom. The Kier molecular flexibility index (Phi) is 3.64. The molecule has 0 saturated carbocycles. The van der Waals surface area contributed by atoms with Gasteiger partial charge in [0.15, 0.2) is 0 Å². The molecule has 5 nitrogen and oxygen atoms in total. The number of sulfonamides is 1. The highest BCUT2D eigenvalue weighted by atomic mass is 32.2. The van der Waals surface area contributed by atoms with Crippen LogP contribution in [-0.4, -0.2) is 38.4 Å². The van der Waals surface area contributed by atoms with Crippen LogP contribution in [-0.2, 0) is 10.0 Å². The van der Waals surface area contributed by atoms with Gasteiger partial charge in [-0.1, -0.05) is 0 Å². The van der Waals surface area contributed by atoms with Crippen LogP contribution in [0.1, 0.15) is 25.7 Å². The van der Waals surface area contributed by atoms with Gasteiger partial charge in [-0.3, -0.25) is 0 Å². The van der Waals surface area contributed by atoms with Crippen LogP contribution in [0.15, 0.2) is 27.9 Å². The van der Waals surface area contributed by atoms with Crippen molar-refractivity contribution in [2.24, 2.45) is 5.92 Å². The number of hydrogen-bond donors (Lipinski definition) is 1. The topological polar surface area (TPSA) is 62.6 Å². The van der Waals surface area contributed by atoms with Crippen LogP contribution in [0.2, 0.25) is 0 Å². The quantitative estimate of drug-likeness (QED) is 0.912. The molecule has 2 aliphatic heterocycles. The van der Waals surface area contributed by atoms with Gasteiger partial charge in [-0.05, 0) is 50.3 Å². The van der Waals surface area contributed by atoms with Crippen molar-refractivity contribution in [3.05, 3.63) is 18.4 Å². The van der Waals surface area contributed by atoms with Gasteiger partial charge in [0.2, 0.25) is 5.09 Å². The van der Waals surface area contributed by atoms with Crippen LogP contribution in [0.4, 0.5) is 0 Å². The minimum atomic E-state index is -3.42. The summed E-state index contributed by atoms with van der Waals surface area (Å²) in [6.07, 6.45) is 5.77. The summed E-state index contributed by atoms with van der Waals surface area (Å²) in [4.78, 5) is 0. The Morgan fingerprint density at radius 1 is 1.26 bits per heavy atom. The summed E-state index contributed by atoms with van der Waals surface area (Å²) in [5, 5.41) is 3.58. The molecular formula is C13H20N2O3S. The highest BCUT2D eigenvalue weighted by molar-refractivity contribution is 7.89. The Bertz CT molecular complexity index is 498. The first kappa shape index (κ1) is 13.1. The second-order valence-corrected chi connectivity index (χ2v) is 7.25. The zero-order valence-electron chi connectivity index (χ0n) is 10.9. The van der Waals surface area contributed by atoms with Crippen molar-refractivity contribution in [3.8, 4) is 0 Å². The summed E-state index contributed by atoms with van der Waals surface area (Å²) in [5.74, 6) is 0.616. The van der Waals surface area contributed by atoms with E-state index < -0.39 is 10.0 Å². The van der Waals surface area contributed by atoms with Crippen molar-refractivity contribution < 1.29 is 12.8 Å². The number of rotatable bonds is 3. The average Bonchev–Trinajstić information content (AvgIpc) is 3.12. The molecule has 1 aromatic heterocycles. The maximum Gasteiger partial charge on any atom is 0.276 e. The molecule has 2 aliphatic rings. The van der Waals surface area contributed by atoms with Gasteiger partial charge in [0.05, 0.1) is 6.26 Å². The lowest BCUT2D eigenvalue weighted by atomic mass is 9.89. The largest absolute Gasteiger partial charge is 0.452 e. The minimum Gasteiger partial charge on any atom is -0.452 e. The standard InChI is InChI=1S/C13H20N2O3S/c16-19(17,13-4-2-10-18-13)15-8-5-11(6-9-15)12-3-1-7-14-12/h2,4,10-12,14H,1,3,5-9H2. The minimum absolute atomic E-state index is 0.0601. The lowest BCUT2D eigenvalue weighted by Gasteiger charge is -2.33. The molecule has 0 aliphatic carbocycles. The molecule has 0 spiro atoms. The molecule has 1 N–H and O–H groups in total. The van der Waals surface area contributed by atoms with Gasteiger partial charge < -0.3 is 9.73 Å². The predicted molar refractivity (Wildman–Crippen MR) is 71.2 cm³/mol. The summed E-state index contributed by atoms with van der Waals surface area (Å²) in [6.45, 7) is 2.31. The zero-order chi connectivity index (χ0) is 13.3. The monoisotopic (exact) mass is 284 g/mol. The highest BCUT2D eigenvalue weighted by Crippen LogP contribution is 2.28. The Morgan fingerprint density at radius 2 is 2.05 bits per heavy atom. The maximum atomic E-state index is 12.3. The van der Waals surface area contributed by atoms with E-state index in [1.54, 1.807) is 10.4 Å². The molecule has 3 heterocycles. The first-order valence-corrected chi connectivity index (χ1v) is 8.39. The van der Waals surface area contributed by atoms with E-state index in [0.717, 1.165) is 19.4 Å². The third-order valence-electron chi connectivity index (χ3n) is 4.26. The van der Waals surface area contributed by atoms with E-state index in [1.807, 2.05) is 0 Å². The molecule has 1 aromatic rings. The van der Waals surface area contributed by atoms with Crippen LogP contribution in [0.25, 0.3) is 0 Å². The smallest absolute Gasteiger partial charge is 0.276 e. The van der Waals surface area contributed by atoms with Crippen molar-refractivity contribution in [3.63, 3.8) is 0 Å². The van der Waals surface area contributed by atoms with Gasteiger partial charge in [0.25, 0.3) is 10.0 Å². The van der Waals surface area contributed by atoms with E-state index >= 15 is 0 Å². The average molecular weight is 284 g/mol. The molecular weight excluding hydrogens is 264 g/mol. The van der Waals surface area contributed by atoms with E-state index in [9.17, 15) is 8.42 Å². The van der Waals surface area contributed by atoms with Gasteiger partial charge in [-0.15, -0.1) is 0 Å². The molecule has 1 unspecified atom stereocenters. The van der Waals surface area contributed by atoms with Gasteiger partial charge in [0, 0.05) is 19.1 Å². The van der Waals surface area contributed by atoms with E-state index in [2.05, 4.69) is 5.32 Å². The number of furan rings is 1. The third kappa shape index (κ3) is 2.57. The molecule has 0 bridgehead atoms. The molecule has 19 heavy (non-hydrogen) atoms. The molecule has 2 saturated heterocycles. The van der Waals surface area contributed by atoms with Crippen LogP contribution in [0.5, 0.6) is 0 Å². The van der Waals surface area contributed by atoms with Crippen LogP contribution < -0.4 is 5.32 Å². The summed E-state index contributed by atoms with van der Waals surface area (Å²) in [6, 6.07) is 3.72. The van der Waals surface area contributed by atoms with E-state index in [-0.39, 0.29) is 5.09 Å². The van der Waals surface area contributed by atoms with Crippen LogP contribution in [0, 0.1) is 5.92 Å². The zero-order valence-corrected chi connectivity index (χ0v) is 11.7. The fraction of sp³-hybridized carbons (Fsp3) is 0.692. The van der Waals surface area contributed by atoms with Crippen molar-refractivity contribution in [2.75, 3.05) is 19.6 Å². The Balaban J connectivity index is 1.64. The van der Waals surface area contributed by atoms with Crippen molar-refractivity contribution in [2.45, 2.75) is 36.8 Å². The molecule has 1 atom stereocenters. The Hall–Kier alpha value is -0.850. The van der Waals surface area contributed by atoms with Gasteiger partial charge in [-0.2, -0.15) is 4.31 Å². The summed E-state index contributed by atoms with van der Waals surface area (Å²) in [7, 11) is -3.42. The molecule has 2 fully saturated rings. The fourth-order valence-corrected chi connectivity index (χ4v) is 4.54. The van der Waals surface area contributed by atoms with Crippen molar-refractivity contribution in [1.82, 2.24) is 9.62 Å². The second kappa shape index (κ2) is 5.26.